The molecule has 0 spiro atoms. The maximum absolute atomic E-state index is 15.0. The van der Waals surface area contributed by atoms with Crippen LogP contribution in [0.2, 0.25) is 0 Å². The molecule has 3 rings (SSSR count). The van der Waals surface area contributed by atoms with Gasteiger partial charge in [0.05, 0.1) is 17.6 Å². The highest BCUT2D eigenvalue weighted by Crippen LogP contribution is 2.33. The number of anilines is 1. The number of nitrogens with two attached hydrogens (primary N) is 1. The zero-order chi connectivity index (χ0) is 18.8. The van der Waals surface area contributed by atoms with Crippen LogP contribution in [0, 0.1) is 12.7 Å². The number of nitrogens with zero attached hydrogens (tertiary/aromatic N) is 3. The molecular weight excluding hydrogens is 403 g/mol. The van der Waals surface area contributed by atoms with Crippen molar-refractivity contribution in [3.05, 3.63) is 74.1 Å². The maximum Gasteiger partial charge on any atom is 0.269 e. The molecule has 2 heterocycles. The smallest absolute Gasteiger partial charge is 0.269 e. The van der Waals surface area contributed by atoms with Gasteiger partial charge in [0.15, 0.2) is 11.6 Å². The van der Waals surface area contributed by atoms with Crippen molar-refractivity contribution in [1.82, 2.24) is 14.8 Å². The quantitative estimate of drug-likeness (QED) is 0.656. The molecule has 6 nitrogen and oxygen atoms in total. The van der Waals surface area contributed by atoms with E-state index in [2.05, 4.69) is 26.0 Å². The predicted molar refractivity (Wildman–Crippen MR) is 99.8 cm³/mol. The van der Waals surface area contributed by atoms with Crippen LogP contribution in [0.1, 0.15) is 16.8 Å². The van der Waals surface area contributed by atoms with Crippen LogP contribution in [-0.4, -0.2) is 14.8 Å². The van der Waals surface area contributed by atoms with Crippen molar-refractivity contribution in [2.24, 2.45) is 7.05 Å². The average molecular weight is 419 g/mol. The lowest BCUT2D eigenvalue weighted by molar-refractivity contribution is 0.439. The standard InChI is InChI=1S/C18H16BrFN4O2/c1-10-5-13(23-24(2)18(10)25)6-11-3-4-15(21)17(16(11)20)26-14-7-12(19)8-22-9-14/h3-5,7-9H,6,21H2,1-2H3. The molecule has 0 atom stereocenters. The summed E-state index contributed by atoms with van der Waals surface area (Å²) in [5, 5.41) is 4.17. The van der Waals surface area contributed by atoms with Gasteiger partial charge in [-0.3, -0.25) is 9.78 Å². The number of hydrogen-bond acceptors (Lipinski definition) is 5. The fourth-order valence-electron chi connectivity index (χ4n) is 2.53. The SMILES string of the molecule is Cc1cc(Cc2ccc(N)c(Oc3cncc(Br)c3)c2F)nn(C)c1=O. The van der Waals surface area contributed by atoms with Crippen LogP contribution in [0.25, 0.3) is 0 Å². The van der Waals surface area contributed by atoms with Crippen molar-refractivity contribution in [3.63, 3.8) is 0 Å². The number of aromatic nitrogens is 3. The normalized spacial score (nSPS) is 10.8. The first-order chi connectivity index (χ1) is 12.3. The molecule has 0 saturated carbocycles. The lowest BCUT2D eigenvalue weighted by Gasteiger charge is -2.13. The fourth-order valence-corrected chi connectivity index (χ4v) is 2.88. The van der Waals surface area contributed by atoms with Crippen LogP contribution in [0.5, 0.6) is 11.5 Å². The van der Waals surface area contributed by atoms with E-state index in [-0.39, 0.29) is 23.4 Å². The van der Waals surface area contributed by atoms with Crippen LogP contribution in [0.3, 0.4) is 0 Å². The van der Waals surface area contributed by atoms with E-state index in [0.717, 1.165) is 0 Å². The molecule has 2 N–H and O–H groups in total. The number of hydrogen-bond donors (Lipinski definition) is 1. The van der Waals surface area contributed by atoms with Gasteiger partial charge in [-0.1, -0.05) is 6.07 Å². The molecule has 0 amide bonds. The van der Waals surface area contributed by atoms with Gasteiger partial charge in [0.2, 0.25) is 0 Å². The van der Waals surface area contributed by atoms with Crippen molar-refractivity contribution in [2.45, 2.75) is 13.3 Å². The zero-order valence-corrected chi connectivity index (χ0v) is 15.7. The first kappa shape index (κ1) is 18.1. The summed E-state index contributed by atoms with van der Waals surface area (Å²) >= 11 is 3.29. The minimum absolute atomic E-state index is 0.0658. The molecule has 0 bridgehead atoms. The molecule has 134 valence electrons. The summed E-state index contributed by atoms with van der Waals surface area (Å²) in [5.41, 5.74) is 7.36. The van der Waals surface area contributed by atoms with Gasteiger partial charge in [-0.25, -0.2) is 9.07 Å². The summed E-state index contributed by atoms with van der Waals surface area (Å²) in [7, 11) is 1.56. The molecule has 0 aliphatic heterocycles. The van der Waals surface area contributed by atoms with Gasteiger partial charge in [-0.2, -0.15) is 5.10 Å². The third-order valence-corrected chi connectivity index (χ3v) is 4.21. The molecule has 8 heteroatoms. The molecule has 0 aliphatic carbocycles. The van der Waals surface area contributed by atoms with Crippen LogP contribution in [-0.2, 0) is 13.5 Å². The van der Waals surface area contributed by atoms with Crippen LogP contribution in [0.4, 0.5) is 10.1 Å². The second-order valence-corrected chi connectivity index (χ2v) is 6.74. The van der Waals surface area contributed by atoms with Gasteiger partial charge in [0, 0.05) is 29.7 Å². The summed E-state index contributed by atoms with van der Waals surface area (Å²) < 4.78 is 22.5. The first-order valence-corrected chi connectivity index (χ1v) is 8.53. The lowest BCUT2D eigenvalue weighted by Crippen LogP contribution is -2.23. The Morgan fingerprint density at radius 3 is 2.77 bits per heavy atom. The molecule has 0 aliphatic rings. The van der Waals surface area contributed by atoms with E-state index in [1.54, 1.807) is 44.4 Å². The van der Waals surface area contributed by atoms with E-state index in [1.807, 2.05) is 0 Å². The van der Waals surface area contributed by atoms with E-state index in [9.17, 15) is 9.18 Å². The molecular formula is C18H16BrFN4O2. The monoisotopic (exact) mass is 418 g/mol. The van der Waals surface area contributed by atoms with Crippen LogP contribution >= 0.6 is 15.9 Å². The molecule has 0 saturated heterocycles. The number of aryl methyl sites for hydroxylation is 2. The van der Waals surface area contributed by atoms with Gasteiger partial charge >= 0.3 is 0 Å². The average Bonchev–Trinajstić information content (AvgIpc) is 2.59. The third kappa shape index (κ3) is 3.75. The highest BCUT2D eigenvalue weighted by Gasteiger charge is 2.16. The predicted octanol–water partition coefficient (Wildman–Crippen LogP) is 3.35. The van der Waals surface area contributed by atoms with E-state index in [4.69, 9.17) is 10.5 Å². The summed E-state index contributed by atoms with van der Waals surface area (Å²) in [4.78, 5) is 15.7. The minimum atomic E-state index is -0.571. The van der Waals surface area contributed by atoms with E-state index in [0.29, 0.717) is 27.0 Å². The van der Waals surface area contributed by atoms with Gasteiger partial charge in [-0.15, -0.1) is 0 Å². The van der Waals surface area contributed by atoms with Gasteiger partial charge in [0.25, 0.3) is 5.56 Å². The Labute approximate surface area is 157 Å². The molecule has 0 radical (unpaired) electrons. The van der Waals surface area contributed by atoms with Gasteiger partial charge in [0.1, 0.15) is 5.75 Å². The second-order valence-electron chi connectivity index (χ2n) is 5.82. The van der Waals surface area contributed by atoms with Crippen LogP contribution in [0.15, 0.2) is 45.9 Å². The molecule has 1 aromatic carbocycles. The Hall–Kier alpha value is -2.74. The van der Waals surface area contributed by atoms with E-state index < -0.39 is 5.82 Å². The molecule has 0 unspecified atom stereocenters. The Bertz CT molecular complexity index is 1010. The topological polar surface area (TPSA) is 83.0 Å². The van der Waals surface area contributed by atoms with Crippen molar-refractivity contribution < 1.29 is 9.13 Å². The second kappa shape index (κ2) is 7.25. The molecule has 3 aromatic rings. The molecule has 2 aromatic heterocycles. The molecule has 0 fully saturated rings. The Morgan fingerprint density at radius 1 is 1.31 bits per heavy atom. The van der Waals surface area contributed by atoms with E-state index >= 15 is 0 Å². The number of rotatable bonds is 4. The van der Waals surface area contributed by atoms with Gasteiger partial charge in [-0.05, 0) is 46.6 Å². The number of nitrogen functional groups attached to an aromatic ring is 1. The first-order valence-electron chi connectivity index (χ1n) is 7.74. The fraction of sp³-hybridized carbons (Fsp3) is 0.167. The molecule has 26 heavy (non-hydrogen) atoms. The van der Waals surface area contributed by atoms with E-state index in [1.165, 1.54) is 10.9 Å². The number of benzene rings is 1. The zero-order valence-electron chi connectivity index (χ0n) is 14.2. The Morgan fingerprint density at radius 2 is 2.08 bits per heavy atom. The third-order valence-electron chi connectivity index (χ3n) is 3.77. The van der Waals surface area contributed by atoms with Crippen molar-refractivity contribution >= 4 is 21.6 Å². The number of pyridine rings is 1. The minimum Gasteiger partial charge on any atom is -0.450 e. The lowest BCUT2D eigenvalue weighted by atomic mass is 10.1. The summed E-state index contributed by atoms with van der Waals surface area (Å²) in [5.74, 6) is -0.277. The Balaban J connectivity index is 1.96. The van der Waals surface area contributed by atoms with Gasteiger partial charge < -0.3 is 10.5 Å². The highest BCUT2D eigenvalue weighted by molar-refractivity contribution is 9.10. The highest BCUT2D eigenvalue weighted by atomic mass is 79.9. The number of halogens is 2. The summed E-state index contributed by atoms with van der Waals surface area (Å²) in [6, 6.07) is 6.47. The van der Waals surface area contributed by atoms with Crippen molar-refractivity contribution in [3.8, 4) is 11.5 Å². The van der Waals surface area contributed by atoms with Crippen LogP contribution < -0.4 is 16.0 Å². The van der Waals surface area contributed by atoms with Crippen molar-refractivity contribution in [2.75, 3.05) is 5.73 Å². The summed E-state index contributed by atoms with van der Waals surface area (Å²) in [6.45, 7) is 1.70. The summed E-state index contributed by atoms with van der Waals surface area (Å²) in [6.07, 6.45) is 3.26. The Kier molecular flexibility index (Phi) is 5.03. The number of ether oxygens (including phenoxy) is 1. The largest absolute Gasteiger partial charge is 0.450 e. The van der Waals surface area contributed by atoms with Crippen molar-refractivity contribution in [1.29, 1.82) is 0 Å². The maximum atomic E-state index is 15.0.